The molecular weight excluding hydrogens is 334 g/mol. The van der Waals surface area contributed by atoms with Crippen LogP contribution in [0.5, 0.6) is 0 Å². The number of aromatic nitrogens is 4. The van der Waals surface area contributed by atoms with E-state index in [-0.39, 0.29) is 6.04 Å². The van der Waals surface area contributed by atoms with Gasteiger partial charge in [0.1, 0.15) is 0 Å². The molecule has 2 aromatic rings. The van der Waals surface area contributed by atoms with Crippen molar-refractivity contribution in [2.24, 2.45) is 7.05 Å². The van der Waals surface area contributed by atoms with Crippen molar-refractivity contribution < 1.29 is 9.59 Å². The minimum atomic E-state index is -0.679. The molecule has 9 heteroatoms. The first-order chi connectivity index (χ1) is 12.4. The van der Waals surface area contributed by atoms with Crippen molar-refractivity contribution in [2.45, 2.75) is 32.4 Å². The molecule has 0 radical (unpaired) electrons. The number of rotatable bonds is 4. The first-order valence-electron chi connectivity index (χ1n) is 8.62. The summed E-state index contributed by atoms with van der Waals surface area (Å²) in [6, 6.07) is 7.49. The Morgan fingerprint density at radius 3 is 2.73 bits per heavy atom. The standard InChI is InChI=1S/C17H23N7O2/c1-11(2)24-8-7-14(10-24)19-17(26)16(25)18-13-6-4-5-12(9-13)15-20-21-22-23(15)3/h4-6,9,11,14H,7-8,10H2,1-3H3,(H,18,25)(H,19,26). The molecular formula is C17H23N7O2. The number of amides is 2. The molecule has 1 aromatic heterocycles. The molecule has 1 aliphatic heterocycles. The van der Waals surface area contributed by atoms with E-state index in [0.717, 1.165) is 25.1 Å². The maximum atomic E-state index is 12.2. The van der Waals surface area contributed by atoms with Gasteiger partial charge in [0.2, 0.25) is 0 Å². The molecule has 0 bridgehead atoms. The summed E-state index contributed by atoms with van der Waals surface area (Å²) in [5.41, 5.74) is 1.26. The van der Waals surface area contributed by atoms with Gasteiger partial charge in [-0.25, -0.2) is 4.68 Å². The van der Waals surface area contributed by atoms with Gasteiger partial charge in [-0.1, -0.05) is 12.1 Å². The molecule has 0 saturated carbocycles. The van der Waals surface area contributed by atoms with Crippen LogP contribution in [-0.4, -0.2) is 62.1 Å². The molecule has 138 valence electrons. The number of anilines is 1. The Bertz CT molecular complexity index is 802. The van der Waals surface area contributed by atoms with Crippen LogP contribution in [0, 0.1) is 0 Å². The van der Waals surface area contributed by atoms with Crippen LogP contribution >= 0.6 is 0 Å². The monoisotopic (exact) mass is 357 g/mol. The van der Waals surface area contributed by atoms with Crippen molar-refractivity contribution in [3.8, 4) is 11.4 Å². The maximum absolute atomic E-state index is 12.2. The molecule has 0 aliphatic carbocycles. The Balaban J connectivity index is 1.60. The SMILES string of the molecule is CC(C)N1CCC(NC(=O)C(=O)Nc2cccc(-c3nnnn3C)c2)C1. The molecule has 3 rings (SSSR count). The lowest BCUT2D eigenvalue weighted by atomic mass is 10.2. The van der Waals surface area contributed by atoms with E-state index in [1.165, 1.54) is 4.68 Å². The van der Waals surface area contributed by atoms with E-state index >= 15 is 0 Å². The number of hydrogen-bond acceptors (Lipinski definition) is 6. The number of aryl methyl sites for hydroxylation is 1. The van der Waals surface area contributed by atoms with E-state index in [2.05, 4.69) is 44.9 Å². The van der Waals surface area contributed by atoms with Crippen LogP contribution in [-0.2, 0) is 16.6 Å². The fraction of sp³-hybridized carbons (Fsp3) is 0.471. The number of nitrogens with zero attached hydrogens (tertiary/aromatic N) is 5. The Hall–Kier alpha value is -2.81. The molecule has 0 spiro atoms. The van der Waals surface area contributed by atoms with E-state index in [4.69, 9.17) is 0 Å². The minimum absolute atomic E-state index is 0.00621. The topological polar surface area (TPSA) is 105 Å². The number of nitrogens with one attached hydrogen (secondary N) is 2. The lowest BCUT2D eigenvalue weighted by molar-refractivity contribution is -0.136. The van der Waals surface area contributed by atoms with Gasteiger partial charge >= 0.3 is 11.8 Å². The molecule has 1 saturated heterocycles. The lowest BCUT2D eigenvalue weighted by Crippen LogP contribution is -2.43. The second kappa shape index (κ2) is 7.61. The number of tetrazole rings is 1. The first kappa shape index (κ1) is 18.0. The lowest BCUT2D eigenvalue weighted by Gasteiger charge is -2.20. The van der Waals surface area contributed by atoms with Crippen molar-refractivity contribution in [2.75, 3.05) is 18.4 Å². The summed E-state index contributed by atoms with van der Waals surface area (Å²) < 4.78 is 1.54. The zero-order valence-corrected chi connectivity index (χ0v) is 15.1. The molecule has 1 aliphatic rings. The number of carbonyl (C=O) groups is 2. The van der Waals surface area contributed by atoms with Crippen LogP contribution in [0.1, 0.15) is 20.3 Å². The van der Waals surface area contributed by atoms with E-state index in [9.17, 15) is 9.59 Å². The highest BCUT2D eigenvalue weighted by Crippen LogP contribution is 2.19. The second-order valence-electron chi connectivity index (χ2n) is 6.71. The van der Waals surface area contributed by atoms with Gasteiger partial charge in [-0.3, -0.25) is 14.5 Å². The van der Waals surface area contributed by atoms with Gasteiger partial charge in [-0.2, -0.15) is 0 Å². The van der Waals surface area contributed by atoms with Crippen LogP contribution in [0.3, 0.4) is 0 Å². The van der Waals surface area contributed by atoms with Crippen molar-refractivity contribution >= 4 is 17.5 Å². The summed E-state index contributed by atoms with van der Waals surface area (Å²) in [5, 5.41) is 16.8. The number of likely N-dealkylation sites (tertiary alicyclic amines) is 1. The summed E-state index contributed by atoms with van der Waals surface area (Å²) in [6.45, 7) is 5.94. The smallest absolute Gasteiger partial charge is 0.313 e. The largest absolute Gasteiger partial charge is 0.344 e. The Labute approximate surface area is 151 Å². The van der Waals surface area contributed by atoms with Gasteiger partial charge in [0, 0.05) is 43.5 Å². The molecule has 9 nitrogen and oxygen atoms in total. The minimum Gasteiger partial charge on any atom is -0.344 e. The third kappa shape index (κ3) is 4.05. The Kier molecular flexibility index (Phi) is 5.27. The van der Waals surface area contributed by atoms with Gasteiger partial charge in [-0.05, 0) is 42.8 Å². The highest BCUT2D eigenvalue weighted by molar-refractivity contribution is 6.39. The molecule has 1 fully saturated rings. The average Bonchev–Trinajstić information content (AvgIpc) is 3.24. The second-order valence-corrected chi connectivity index (χ2v) is 6.71. The molecule has 1 atom stereocenters. The van der Waals surface area contributed by atoms with E-state index in [1.54, 1.807) is 25.2 Å². The van der Waals surface area contributed by atoms with Crippen LogP contribution < -0.4 is 10.6 Å². The van der Waals surface area contributed by atoms with Crippen LogP contribution in [0.15, 0.2) is 24.3 Å². The third-order valence-electron chi connectivity index (χ3n) is 4.49. The van der Waals surface area contributed by atoms with Gasteiger partial charge < -0.3 is 10.6 Å². The van der Waals surface area contributed by atoms with Gasteiger partial charge in [0.15, 0.2) is 5.82 Å². The normalized spacial score (nSPS) is 17.5. The van der Waals surface area contributed by atoms with Crippen molar-refractivity contribution in [1.82, 2.24) is 30.4 Å². The fourth-order valence-electron chi connectivity index (χ4n) is 3.02. The third-order valence-corrected chi connectivity index (χ3v) is 4.49. The molecule has 1 unspecified atom stereocenters. The van der Waals surface area contributed by atoms with Crippen molar-refractivity contribution in [3.05, 3.63) is 24.3 Å². The summed E-state index contributed by atoms with van der Waals surface area (Å²) in [4.78, 5) is 26.6. The summed E-state index contributed by atoms with van der Waals surface area (Å²) in [5.74, 6) is -0.724. The summed E-state index contributed by atoms with van der Waals surface area (Å²) >= 11 is 0. The van der Waals surface area contributed by atoms with Crippen molar-refractivity contribution in [3.63, 3.8) is 0 Å². The van der Waals surface area contributed by atoms with Gasteiger partial charge in [-0.15, -0.1) is 5.10 Å². The summed E-state index contributed by atoms with van der Waals surface area (Å²) in [7, 11) is 1.73. The predicted molar refractivity (Wildman–Crippen MR) is 96.1 cm³/mol. The Morgan fingerprint density at radius 2 is 2.08 bits per heavy atom. The molecule has 1 aromatic carbocycles. The summed E-state index contributed by atoms with van der Waals surface area (Å²) in [6.07, 6.45) is 0.853. The zero-order chi connectivity index (χ0) is 18.7. The van der Waals surface area contributed by atoms with Crippen LogP contribution in [0.25, 0.3) is 11.4 Å². The van der Waals surface area contributed by atoms with Gasteiger partial charge in [0.05, 0.1) is 0 Å². The van der Waals surface area contributed by atoms with E-state index in [0.29, 0.717) is 17.6 Å². The predicted octanol–water partition coefficient (Wildman–Crippen LogP) is 0.415. The quantitative estimate of drug-likeness (QED) is 0.768. The van der Waals surface area contributed by atoms with Crippen LogP contribution in [0.2, 0.25) is 0 Å². The molecule has 2 heterocycles. The van der Waals surface area contributed by atoms with E-state index < -0.39 is 11.8 Å². The highest BCUT2D eigenvalue weighted by Gasteiger charge is 2.27. The number of carbonyl (C=O) groups excluding carboxylic acids is 2. The fourth-order valence-corrected chi connectivity index (χ4v) is 3.02. The number of benzene rings is 1. The number of hydrogen-bond donors (Lipinski definition) is 2. The highest BCUT2D eigenvalue weighted by atomic mass is 16.2. The van der Waals surface area contributed by atoms with Gasteiger partial charge in [0.25, 0.3) is 0 Å². The van der Waals surface area contributed by atoms with Crippen LogP contribution in [0.4, 0.5) is 5.69 Å². The van der Waals surface area contributed by atoms with Crippen molar-refractivity contribution in [1.29, 1.82) is 0 Å². The maximum Gasteiger partial charge on any atom is 0.313 e. The molecule has 26 heavy (non-hydrogen) atoms. The van der Waals surface area contributed by atoms with E-state index in [1.807, 2.05) is 6.07 Å². The zero-order valence-electron chi connectivity index (χ0n) is 15.1. The Morgan fingerprint density at radius 1 is 1.27 bits per heavy atom. The molecule has 2 N–H and O–H groups in total. The average molecular weight is 357 g/mol. The molecule has 2 amide bonds. The first-order valence-corrected chi connectivity index (χ1v) is 8.62.